The summed E-state index contributed by atoms with van der Waals surface area (Å²) in [6, 6.07) is 9.59. The molecule has 3 N–H and O–H groups in total. The monoisotopic (exact) mass is 437 g/mol. The Morgan fingerprint density at radius 3 is 2.54 bits per heavy atom. The summed E-state index contributed by atoms with van der Waals surface area (Å²) in [6.07, 6.45) is 0.809. The molecule has 0 aliphatic carbocycles. The number of nitrogens with two attached hydrogens (primary N) is 1. The molecule has 0 fully saturated rings. The SMILES string of the molecule is CC.CCc1cc(C(=O)Nc2cc[c]([Ga])c3c2N(C)C3(C)CN)ccc1OC. The number of carbonyl (C=O) groups is 1. The standard InChI is InChI=1S/C20H24N3O2.C2H6.Ga/c1-5-13-11-14(9-10-17(13)25-4)19(24)22-16-8-6-7-15-18(16)23(3)20(15,2)12-21;1-2;/h6,8-11H,5,12,21H2,1-4H3,(H,22,24);1-2H3;. The molecule has 0 aromatic heterocycles. The Balaban J connectivity index is 0.00000136. The number of ether oxygens (including phenoxy) is 1. The van der Waals surface area contributed by atoms with Crippen LogP contribution in [0.1, 0.15) is 49.2 Å². The van der Waals surface area contributed by atoms with Gasteiger partial charge in [-0.25, -0.2) is 0 Å². The summed E-state index contributed by atoms with van der Waals surface area (Å²) in [7, 11) is 3.67. The van der Waals surface area contributed by atoms with E-state index in [1.165, 1.54) is 9.68 Å². The number of fused-ring (bicyclic) bond motifs is 1. The maximum absolute atomic E-state index is 12.8. The van der Waals surface area contributed by atoms with E-state index in [9.17, 15) is 4.79 Å². The Bertz CT molecular complexity index is 869. The molecule has 0 bridgehead atoms. The van der Waals surface area contributed by atoms with E-state index >= 15 is 0 Å². The molecule has 6 heteroatoms. The molecule has 1 atom stereocenters. The van der Waals surface area contributed by atoms with Crippen molar-refractivity contribution < 1.29 is 9.53 Å². The van der Waals surface area contributed by atoms with Crippen molar-refractivity contribution in [1.82, 2.24) is 0 Å². The van der Waals surface area contributed by atoms with Gasteiger partial charge in [-0.15, -0.1) is 0 Å². The average Bonchev–Trinajstić information content (AvgIpc) is 2.74. The van der Waals surface area contributed by atoms with Crippen LogP contribution in [0.3, 0.4) is 0 Å². The first-order valence-corrected chi connectivity index (χ1v) is 10.9. The molecule has 0 saturated heterocycles. The van der Waals surface area contributed by atoms with Gasteiger partial charge in [0, 0.05) is 0 Å². The molecule has 28 heavy (non-hydrogen) atoms. The third-order valence-corrected chi connectivity index (χ3v) is 6.40. The van der Waals surface area contributed by atoms with Crippen LogP contribution in [0.25, 0.3) is 0 Å². The molecule has 1 unspecified atom stereocenters. The Morgan fingerprint density at radius 2 is 1.96 bits per heavy atom. The number of methoxy groups -OCH3 is 1. The van der Waals surface area contributed by atoms with Crippen LogP contribution >= 0.6 is 0 Å². The van der Waals surface area contributed by atoms with Gasteiger partial charge >= 0.3 is 165 Å². The van der Waals surface area contributed by atoms with Crippen LogP contribution in [0.2, 0.25) is 0 Å². The van der Waals surface area contributed by atoms with Crippen molar-refractivity contribution >= 4 is 40.0 Å². The van der Waals surface area contributed by atoms with Crippen molar-refractivity contribution in [2.75, 3.05) is 30.9 Å². The number of rotatable bonds is 5. The fourth-order valence-electron chi connectivity index (χ4n) is 3.61. The topological polar surface area (TPSA) is 67.6 Å². The Kier molecular flexibility index (Phi) is 7.25. The molecular formula is C22H30GaN3O2. The van der Waals surface area contributed by atoms with Crippen LogP contribution in [0, 0.1) is 0 Å². The number of amides is 1. The van der Waals surface area contributed by atoms with Gasteiger partial charge in [-0.2, -0.15) is 0 Å². The maximum atomic E-state index is 12.8. The number of carbonyl (C=O) groups excluding carboxylic acids is 1. The van der Waals surface area contributed by atoms with Crippen molar-refractivity contribution in [3.8, 4) is 5.75 Å². The second kappa shape index (κ2) is 9.07. The molecule has 1 heterocycles. The third-order valence-electron chi connectivity index (χ3n) is 5.39. The summed E-state index contributed by atoms with van der Waals surface area (Å²) in [4.78, 5) is 15.0. The predicted octanol–water partition coefficient (Wildman–Crippen LogP) is 2.95. The van der Waals surface area contributed by atoms with Gasteiger partial charge in [0.1, 0.15) is 0 Å². The molecule has 0 saturated carbocycles. The Hall–Kier alpha value is -1.89. The van der Waals surface area contributed by atoms with Crippen LogP contribution in [0.5, 0.6) is 5.75 Å². The molecule has 2 aromatic carbocycles. The zero-order valence-electron chi connectivity index (χ0n) is 17.7. The molecule has 2 aromatic rings. The summed E-state index contributed by atoms with van der Waals surface area (Å²) in [5, 5.41) is 3.07. The van der Waals surface area contributed by atoms with Crippen LogP contribution in [-0.2, 0) is 12.0 Å². The van der Waals surface area contributed by atoms with E-state index in [2.05, 4.69) is 23.2 Å². The van der Waals surface area contributed by atoms with Crippen LogP contribution in [-0.4, -0.2) is 45.2 Å². The van der Waals surface area contributed by atoms with Crippen molar-refractivity contribution in [3.05, 3.63) is 47.0 Å². The van der Waals surface area contributed by atoms with Crippen molar-refractivity contribution in [2.24, 2.45) is 5.73 Å². The third kappa shape index (κ3) is 3.68. The van der Waals surface area contributed by atoms with Gasteiger partial charge in [0.15, 0.2) is 0 Å². The first-order valence-electron chi connectivity index (χ1n) is 9.72. The summed E-state index contributed by atoms with van der Waals surface area (Å²) < 4.78 is 6.61. The minimum atomic E-state index is -0.169. The molecule has 5 nitrogen and oxygen atoms in total. The quantitative estimate of drug-likeness (QED) is 0.705. The van der Waals surface area contributed by atoms with Crippen molar-refractivity contribution in [2.45, 2.75) is 39.7 Å². The normalized spacial score (nSPS) is 17.0. The van der Waals surface area contributed by atoms with E-state index in [4.69, 9.17) is 10.5 Å². The van der Waals surface area contributed by atoms with Crippen molar-refractivity contribution in [3.63, 3.8) is 0 Å². The molecular weight excluding hydrogens is 408 g/mol. The molecule has 148 valence electrons. The first-order chi connectivity index (χ1) is 13.4. The number of hydrogen-bond acceptors (Lipinski definition) is 4. The number of nitrogens with one attached hydrogen (secondary N) is 1. The van der Waals surface area contributed by atoms with E-state index in [0.29, 0.717) is 12.1 Å². The van der Waals surface area contributed by atoms with Gasteiger partial charge in [-0.05, 0) is 0 Å². The van der Waals surface area contributed by atoms with Gasteiger partial charge < -0.3 is 0 Å². The molecule has 1 amide bonds. The van der Waals surface area contributed by atoms with Crippen LogP contribution in [0.15, 0.2) is 30.3 Å². The van der Waals surface area contributed by atoms with E-state index in [0.717, 1.165) is 29.1 Å². The number of hydrogen-bond donors (Lipinski definition) is 2. The molecule has 1 aliphatic rings. The molecule has 0 spiro atoms. The second-order valence-corrected chi connectivity index (χ2v) is 8.10. The molecule has 2 radical (unpaired) electrons. The van der Waals surface area contributed by atoms with E-state index in [1.807, 2.05) is 46.0 Å². The van der Waals surface area contributed by atoms with Crippen LogP contribution < -0.4 is 24.8 Å². The summed E-state index contributed by atoms with van der Waals surface area (Å²) in [6.45, 7) is 8.73. The second-order valence-electron chi connectivity index (χ2n) is 6.80. The van der Waals surface area contributed by atoms with Gasteiger partial charge in [-0.3, -0.25) is 0 Å². The average molecular weight is 438 g/mol. The molecule has 1 aliphatic heterocycles. The van der Waals surface area contributed by atoms with E-state index in [-0.39, 0.29) is 11.4 Å². The Morgan fingerprint density at radius 1 is 1.29 bits per heavy atom. The molecule has 3 rings (SSSR count). The summed E-state index contributed by atoms with van der Waals surface area (Å²) >= 11 is 1.58. The Labute approximate surface area is 178 Å². The van der Waals surface area contributed by atoms with E-state index in [1.54, 1.807) is 31.8 Å². The number of nitrogens with zero attached hydrogens (tertiary/aromatic N) is 1. The number of aryl methyl sites for hydroxylation is 1. The zero-order chi connectivity index (χ0) is 21.1. The number of benzene rings is 2. The fraction of sp³-hybridized carbons (Fsp3) is 0.409. The first kappa shape index (κ1) is 22.4. The fourth-order valence-corrected chi connectivity index (χ4v) is 4.75. The van der Waals surface area contributed by atoms with Crippen LogP contribution in [0.4, 0.5) is 11.4 Å². The van der Waals surface area contributed by atoms with E-state index < -0.39 is 0 Å². The van der Waals surface area contributed by atoms with Gasteiger partial charge in [-0.1, -0.05) is 13.8 Å². The summed E-state index contributed by atoms with van der Waals surface area (Å²) in [5.41, 5.74) is 10.6. The number of likely N-dealkylation sites (N-methyl/N-ethyl adjacent to an activating group) is 1. The minimum absolute atomic E-state index is 0.117. The zero-order valence-corrected chi connectivity index (χ0v) is 20.1. The van der Waals surface area contributed by atoms with Gasteiger partial charge in [0.25, 0.3) is 0 Å². The van der Waals surface area contributed by atoms with Gasteiger partial charge in [0.2, 0.25) is 0 Å². The number of anilines is 2. The predicted molar refractivity (Wildman–Crippen MR) is 118 cm³/mol. The van der Waals surface area contributed by atoms with Crippen molar-refractivity contribution in [1.29, 1.82) is 0 Å². The summed E-state index contributed by atoms with van der Waals surface area (Å²) in [5.74, 6) is 0.692. The van der Waals surface area contributed by atoms with Gasteiger partial charge in [0.05, 0.1) is 0 Å².